The smallest absolute Gasteiger partial charge is 0.221 e. The molecular weight excluding hydrogens is 258 g/mol. The summed E-state index contributed by atoms with van der Waals surface area (Å²) in [6.07, 6.45) is 0.499. The van der Waals surface area contributed by atoms with Crippen molar-refractivity contribution < 1.29 is 9.53 Å². The van der Waals surface area contributed by atoms with Gasteiger partial charge in [-0.25, -0.2) is 0 Å². The fourth-order valence-corrected chi connectivity index (χ4v) is 1.99. The molecule has 0 bridgehead atoms. The Kier molecular flexibility index (Phi) is 3.26. The van der Waals surface area contributed by atoms with E-state index in [4.69, 9.17) is 4.74 Å². The second kappa shape index (κ2) is 4.66. The molecule has 0 saturated carbocycles. The summed E-state index contributed by atoms with van der Waals surface area (Å²) >= 11 is 3.24. The van der Waals surface area contributed by atoms with Crippen LogP contribution in [0.15, 0.2) is 24.3 Å². The zero-order chi connectivity index (χ0) is 10.7. The monoisotopic (exact) mass is 269 g/mol. The number of benzene rings is 1. The summed E-state index contributed by atoms with van der Waals surface area (Å²) in [6, 6.07) is 7.80. The highest BCUT2D eigenvalue weighted by Crippen LogP contribution is 2.31. The normalized spacial score (nSPS) is 18.1. The minimum atomic E-state index is 0.00718. The minimum absolute atomic E-state index is 0.00718. The van der Waals surface area contributed by atoms with Gasteiger partial charge in [-0.3, -0.25) is 4.79 Å². The lowest BCUT2D eigenvalue weighted by Crippen LogP contribution is -2.29. The Morgan fingerprint density at radius 1 is 1.53 bits per heavy atom. The van der Waals surface area contributed by atoms with Gasteiger partial charge < -0.3 is 10.1 Å². The van der Waals surface area contributed by atoms with Crippen molar-refractivity contribution in [3.05, 3.63) is 29.8 Å². The highest BCUT2D eigenvalue weighted by molar-refractivity contribution is 9.09. The van der Waals surface area contributed by atoms with E-state index in [0.29, 0.717) is 18.4 Å². The largest absolute Gasteiger partial charge is 0.491 e. The van der Waals surface area contributed by atoms with E-state index in [9.17, 15) is 4.79 Å². The van der Waals surface area contributed by atoms with Crippen LogP contribution < -0.4 is 10.1 Å². The molecule has 15 heavy (non-hydrogen) atoms. The van der Waals surface area contributed by atoms with Gasteiger partial charge in [-0.1, -0.05) is 34.1 Å². The topological polar surface area (TPSA) is 38.3 Å². The molecule has 80 valence electrons. The molecule has 3 nitrogen and oxygen atoms in total. The summed E-state index contributed by atoms with van der Waals surface area (Å²) in [5, 5.41) is 3.63. The van der Waals surface area contributed by atoms with Gasteiger partial charge in [0.2, 0.25) is 5.91 Å². The van der Waals surface area contributed by atoms with Gasteiger partial charge >= 0.3 is 0 Å². The number of halogens is 1. The fourth-order valence-electron chi connectivity index (χ4n) is 1.63. The molecule has 0 aliphatic carbocycles. The number of carbonyl (C=O) groups excluding carboxylic acids is 1. The molecule has 1 atom stereocenters. The summed E-state index contributed by atoms with van der Waals surface area (Å²) in [6.45, 7) is 0.535. The molecule has 1 aliphatic heterocycles. The molecule has 0 saturated heterocycles. The number of alkyl halides is 1. The van der Waals surface area contributed by atoms with E-state index < -0.39 is 0 Å². The lowest BCUT2D eigenvalue weighted by atomic mass is 10.1. The quantitative estimate of drug-likeness (QED) is 0.853. The van der Waals surface area contributed by atoms with Crippen LogP contribution in [0.3, 0.4) is 0 Å². The lowest BCUT2D eigenvalue weighted by Gasteiger charge is -2.10. The van der Waals surface area contributed by atoms with Gasteiger partial charge in [0.25, 0.3) is 0 Å². The van der Waals surface area contributed by atoms with Crippen molar-refractivity contribution in [2.45, 2.75) is 12.5 Å². The Bertz CT molecular complexity index is 367. The van der Waals surface area contributed by atoms with E-state index in [1.165, 1.54) is 0 Å². The number of nitrogens with one attached hydrogen (secondary N) is 1. The third-order valence-corrected chi connectivity index (χ3v) is 2.75. The van der Waals surface area contributed by atoms with E-state index in [1.807, 2.05) is 24.3 Å². The fraction of sp³-hybridized carbons (Fsp3) is 0.364. The second-order valence-electron chi connectivity index (χ2n) is 3.41. The first-order valence-electron chi connectivity index (χ1n) is 4.88. The molecule has 0 fully saturated rings. The van der Waals surface area contributed by atoms with Gasteiger partial charge in [0, 0.05) is 17.3 Å². The average Bonchev–Trinajstić information content (AvgIpc) is 2.62. The number of fused-ring (bicyclic) bond motifs is 1. The minimum Gasteiger partial charge on any atom is -0.491 e. The number of hydrogen-bond acceptors (Lipinski definition) is 2. The lowest BCUT2D eigenvalue weighted by molar-refractivity contribution is -0.121. The summed E-state index contributed by atoms with van der Waals surface area (Å²) in [5.74, 6) is 0.929. The number of amides is 1. The number of rotatable bonds is 3. The van der Waals surface area contributed by atoms with Gasteiger partial charge in [-0.15, -0.1) is 0 Å². The van der Waals surface area contributed by atoms with Gasteiger partial charge in [0.15, 0.2) is 0 Å². The van der Waals surface area contributed by atoms with Crippen molar-refractivity contribution in [2.24, 2.45) is 0 Å². The third kappa shape index (κ3) is 2.31. The van der Waals surface area contributed by atoms with Gasteiger partial charge in [-0.05, 0) is 6.07 Å². The summed E-state index contributed by atoms with van der Waals surface area (Å²) < 4.78 is 5.46. The van der Waals surface area contributed by atoms with Crippen molar-refractivity contribution in [1.29, 1.82) is 0 Å². The standard InChI is InChI=1S/C11H12BrNO2/c12-6-5-11(14)13-9-7-15-10-4-2-1-3-8(9)10/h1-4,9H,5-7H2,(H,13,14). The van der Waals surface area contributed by atoms with Gasteiger partial charge in [-0.2, -0.15) is 0 Å². The van der Waals surface area contributed by atoms with Crippen molar-refractivity contribution in [2.75, 3.05) is 11.9 Å². The highest BCUT2D eigenvalue weighted by atomic mass is 79.9. The van der Waals surface area contributed by atoms with Crippen molar-refractivity contribution >= 4 is 21.8 Å². The zero-order valence-corrected chi connectivity index (χ0v) is 9.79. The Balaban J connectivity index is 2.04. The van der Waals surface area contributed by atoms with Crippen molar-refractivity contribution in [1.82, 2.24) is 5.32 Å². The summed E-state index contributed by atoms with van der Waals surface area (Å²) in [4.78, 5) is 11.4. The predicted octanol–water partition coefficient (Wildman–Crippen LogP) is 2.02. The molecule has 1 aromatic carbocycles. The Morgan fingerprint density at radius 2 is 2.33 bits per heavy atom. The highest BCUT2D eigenvalue weighted by Gasteiger charge is 2.24. The van der Waals surface area contributed by atoms with Crippen molar-refractivity contribution in [3.8, 4) is 5.75 Å². The average molecular weight is 270 g/mol. The maximum Gasteiger partial charge on any atom is 0.221 e. The first kappa shape index (κ1) is 10.5. The van der Waals surface area contributed by atoms with Gasteiger partial charge in [0.05, 0.1) is 6.04 Å². The van der Waals surface area contributed by atoms with Crippen LogP contribution in [-0.4, -0.2) is 17.8 Å². The molecule has 1 N–H and O–H groups in total. The maximum atomic E-state index is 11.4. The second-order valence-corrected chi connectivity index (χ2v) is 4.20. The molecule has 0 aromatic heterocycles. The predicted molar refractivity (Wildman–Crippen MR) is 61.2 cm³/mol. The van der Waals surface area contributed by atoms with Crippen molar-refractivity contribution in [3.63, 3.8) is 0 Å². The summed E-state index contributed by atoms with van der Waals surface area (Å²) in [5.41, 5.74) is 1.07. The Labute approximate surface area is 96.9 Å². The van der Waals surface area contributed by atoms with E-state index in [1.54, 1.807) is 0 Å². The van der Waals surface area contributed by atoms with E-state index in [0.717, 1.165) is 11.3 Å². The molecule has 1 aromatic rings. The Hall–Kier alpha value is -1.03. The molecule has 4 heteroatoms. The molecule has 1 amide bonds. The first-order chi connectivity index (χ1) is 7.31. The molecule has 1 aliphatic rings. The van der Waals surface area contributed by atoms with Crippen LogP contribution in [0.4, 0.5) is 0 Å². The number of hydrogen-bond donors (Lipinski definition) is 1. The van der Waals surface area contributed by atoms with Crippen LogP contribution in [0.2, 0.25) is 0 Å². The van der Waals surface area contributed by atoms with Crippen LogP contribution in [0, 0.1) is 0 Å². The molecule has 2 rings (SSSR count). The van der Waals surface area contributed by atoms with E-state index >= 15 is 0 Å². The molecular formula is C11H12BrNO2. The number of carbonyl (C=O) groups is 1. The van der Waals surface area contributed by atoms with Crippen LogP contribution >= 0.6 is 15.9 Å². The maximum absolute atomic E-state index is 11.4. The van der Waals surface area contributed by atoms with Gasteiger partial charge in [0.1, 0.15) is 12.4 Å². The van der Waals surface area contributed by atoms with Crippen LogP contribution in [0.5, 0.6) is 5.75 Å². The van der Waals surface area contributed by atoms with E-state index in [-0.39, 0.29) is 11.9 Å². The zero-order valence-electron chi connectivity index (χ0n) is 8.20. The molecule has 1 heterocycles. The van der Waals surface area contributed by atoms with E-state index in [2.05, 4.69) is 21.2 Å². The Morgan fingerprint density at radius 3 is 3.13 bits per heavy atom. The molecule has 1 unspecified atom stereocenters. The first-order valence-corrected chi connectivity index (χ1v) is 6.00. The molecule has 0 radical (unpaired) electrons. The van der Waals surface area contributed by atoms with Crippen LogP contribution in [-0.2, 0) is 4.79 Å². The summed E-state index contributed by atoms with van der Waals surface area (Å²) in [7, 11) is 0. The SMILES string of the molecule is O=C(CCBr)NC1COc2ccccc21. The number of ether oxygens (including phenoxy) is 1. The third-order valence-electron chi connectivity index (χ3n) is 2.36. The molecule has 0 spiro atoms. The number of para-hydroxylation sites is 1. The van der Waals surface area contributed by atoms with Crippen LogP contribution in [0.25, 0.3) is 0 Å². The van der Waals surface area contributed by atoms with Crippen LogP contribution in [0.1, 0.15) is 18.0 Å².